The number of halogens is 1. The molecule has 2 amide bonds. The van der Waals surface area contributed by atoms with Crippen molar-refractivity contribution in [1.29, 1.82) is 0 Å². The summed E-state index contributed by atoms with van der Waals surface area (Å²) in [6.45, 7) is 4.08. The van der Waals surface area contributed by atoms with Crippen LogP contribution in [-0.4, -0.2) is 101 Å². The SMILES string of the molecule is C[C@H]1C=C(NC(=O)NC2=CC[C@@H](OC3C=CN[C@H](C4C[C@@H]([C@@H](O)NCC(O)N5CC[C@H](O)C5)CN4)C3)CC2)[C@@H](F)CC1. The van der Waals surface area contributed by atoms with Crippen LogP contribution in [-0.2, 0) is 4.74 Å². The van der Waals surface area contributed by atoms with Gasteiger partial charge in [0.05, 0.1) is 18.3 Å². The second kappa shape index (κ2) is 14.6. The van der Waals surface area contributed by atoms with Crippen LogP contribution in [0.1, 0.15) is 58.3 Å². The molecule has 42 heavy (non-hydrogen) atoms. The van der Waals surface area contributed by atoms with Crippen molar-refractivity contribution in [3.05, 3.63) is 35.8 Å². The summed E-state index contributed by atoms with van der Waals surface area (Å²) >= 11 is 0. The van der Waals surface area contributed by atoms with E-state index in [0.717, 1.165) is 31.4 Å². The summed E-state index contributed by atoms with van der Waals surface area (Å²) in [5, 5.41) is 46.4. The summed E-state index contributed by atoms with van der Waals surface area (Å²) in [7, 11) is 0. The van der Waals surface area contributed by atoms with Gasteiger partial charge in [0.25, 0.3) is 0 Å². The van der Waals surface area contributed by atoms with Gasteiger partial charge in [0.1, 0.15) is 18.6 Å². The van der Waals surface area contributed by atoms with Crippen LogP contribution in [0.25, 0.3) is 0 Å². The van der Waals surface area contributed by atoms with E-state index in [1.54, 1.807) is 0 Å². The molecule has 2 saturated heterocycles. The molecule has 3 unspecified atom stereocenters. The fourth-order valence-corrected chi connectivity index (χ4v) is 6.75. The van der Waals surface area contributed by atoms with Gasteiger partial charge in [0, 0.05) is 55.6 Å². The number of allylic oxidation sites excluding steroid dienone is 3. The lowest BCUT2D eigenvalue weighted by molar-refractivity contribution is -0.00867. The number of carbonyl (C=O) groups excluding carboxylic acids is 1. The lowest BCUT2D eigenvalue weighted by Gasteiger charge is -2.33. The molecule has 0 saturated carbocycles. The molecular weight excluding hydrogens is 543 g/mol. The Hall–Kier alpha value is -2.06. The zero-order valence-corrected chi connectivity index (χ0v) is 24.6. The summed E-state index contributed by atoms with van der Waals surface area (Å²) in [6.07, 6.45) is 10.6. The minimum Gasteiger partial charge on any atom is -0.392 e. The topological polar surface area (TPSA) is 150 Å². The van der Waals surface area contributed by atoms with Gasteiger partial charge in [-0.15, -0.1) is 0 Å². The smallest absolute Gasteiger partial charge is 0.323 e. The van der Waals surface area contributed by atoms with Gasteiger partial charge >= 0.3 is 6.03 Å². The number of hydrogen-bond acceptors (Lipinski definition) is 9. The van der Waals surface area contributed by atoms with Gasteiger partial charge in [-0.2, -0.15) is 0 Å². The maximum atomic E-state index is 14.1. The molecule has 12 heteroatoms. The Morgan fingerprint density at radius 3 is 2.81 bits per heavy atom. The van der Waals surface area contributed by atoms with Gasteiger partial charge < -0.3 is 41.3 Å². The van der Waals surface area contributed by atoms with E-state index in [0.29, 0.717) is 51.0 Å². The normalized spacial score (nSPS) is 37.0. The second-order valence-electron chi connectivity index (χ2n) is 12.7. The number of nitrogens with one attached hydrogen (secondary N) is 5. The summed E-state index contributed by atoms with van der Waals surface area (Å²) in [5.74, 6) is 0.289. The molecule has 11 nitrogen and oxygen atoms in total. The molecule has 236 valence electrons. The number of amides is 2. The van der Waals surface area contributed by atoms with Crippen LogP contribution < -0.4 is 26.6 Å². The molecule has 0 bridgehead atoms. The predicted molar refractivity (Wildman–Crippen MR) is 156 cm³/mol. The van der Waals surface area contributed by atoms with Gasteiger partial charge in [-0.3, -0.25) is 10.2 Å². The van der Waals surface area contributed by atoms with E-state index in [-0.39, 0.29) is 42.7 Å². The first-order chi connectivity index (χ1) is 20.2. The van der Waals surface area contributed by atoms with Crippen molar-refractivity contribution in [3.63, 3.8) is 0 Å². The molecule has 5 rings (SSSR count). The highest BCUT2D eigenvalue weighted by Gasteiger charge is 2.36. The van der Waals surface area contributed by atoms with Crippen molar-refractivity contribution in [2.75, 3.05) is 26.2 Å². The van der Waals surface area contributed by atoms with Crippen molar-refractivity contribution in [3.8, 4) is 0 Å². The second-order valence-corrected chi connectivity index (χ2v) is 12.7. The van der Waals surface area contributed by atoms with Gasteiger partial charge in [0.2, 0.25) is 0 Å². The minimum absolute atomic E-state index is 0.0240. The summed E-state index contributed by atoms with van der Waals surface area (Å²) in [4.78, 5) is 14.3. The Morgan fingerprint density at radius 2 is 2.05 bits per heavy atom. The molecule has 0 radical (unpaired) electrons. The fourth-order valence-electron chi connectivity index (χ4n) is 6.75. The predicted octanol–water partition coefficient (Wildman–Crippen LogP) is 0.906. The molecule has 5 aliphatic rings. The molecule has 3 heterocycles. The number of ether oxygens (including phenoxy) is 1. The van der Waals surface area contributed by atoms with Crippen LogP contribution in [0.3, 0.4) is 0 Å². The van der Waals surface area contributed by atoms with E-state index in [2.05, 4.69) is 26.6 Å². The zero-order valence-electron chi connectivity index (χ0n) is 24.6. The van der Waals surface area contributed by atoms with E-state index in [1.807, 2.05) is 36.3 Å². The van der Waals surface area contributed by atoms with Crippen molar-refractivity contribution in [1.82, 2.24) is 31.5 Å². The van der Waals surface area contributed by atoms with Crippen molar-refractivity contribution in [2.45, 2.75) is 107 Å². The van der Waals surface area contributed by atoms with Gasteiger partial charge in [-0.25, -0.2) is 9.18 Å². The van der Waals surface area contributed by atoms with Crippen molar-refractivity contribution in [2.24, 2.45) is 11.8 Å². The van der Waals surface area contributed by atoms with Crippen LogP contribution in [0.2, 0.25) is 0 Å². The number of likely N-dealkylation sites (tertiary alicyclic amines) is 1. The number of nitrogens with zero attached hydrogens (tertiary/aromatic N) is 1. The van der Waals surface area contributed by atoms with E-state index >= 15 is 0 Å². The number of carbonyl (C=O) groups is 1. The maximum Gasteiger partial charge on any atom is 0.323 e. The Morgan fingerprint density at radius 1 is 1.19 bits per heavy atom. The van der Waals surface area contributed by atoms with E-state index in [4.69, 9.17) is 4.74 Å². The van der Waals surface area contributed by atoms with Crippen LogP contribution >= 0.6 is 0 Å². The van der Waals surface area contributed by atoms with Crippen molar-refractivity contribution >= 4 is 6.03 Å². The Bertz CT molecular complexity index is 1010. The average Bonchev–Trinajstić information content (AvgIpc) is 3.65. The lowest BCUT2D eigenvalue weighted by atomic mass is 9.93. The quantitative estimate of drug-likeness (QED) is 0.173. The summed E-state index contributed by atoms with van der Waals surface area (Å²) in [6, 6.07) is -0.0315. The summed E-state index contributed by atoms with van der Waals surface area (Å²) in [5.41, 5.74) is 1.20. The number of alkyl halides is 1. The zero-order chi connectivity index (χ0) is 29.6. The molecular formula is C30H49FN6O5. The van der Waals surface area contributed by atoms with Gasteiger partial charge in [0.15, 0.2) is 0 Å². The van der Waals surface area contributed by atoms with Gasteiger partial charge in [-0.05, 0) is 69.6 Å². The van der Waals surface area contributed by atoms with E-state index in [9.17, 15) is 24.5 Å². The number of aliphatic hydroxyl groups is 3. The van der Waals surface area contributed by atoms with Crippen LogP contribution in [0.15, 0.2) is 35.8 Å². The largest absolute Gasteiger partial charge is 0.392 e. The molecule has 2 aliphatic carbocycles. The molecule has 8 N–H and O–H groups in total. The third kappa shape index (κ3) is 8.52. The molecule has 10 atom stereocenters. The standard InChI is InChI=1S/C30H49FN6O5/c1-18-2-7-24(31)25(12-18)36-30(41)35-20-3-5-22(6-4-20)42-23-8-10-32-27(14-23)26-13-19(15-33-26)29(40)34-16-28(39)37-11-9-21(38)17-37/h3,8,10,12,18-19,21-24,26-29,32-34,38-40H,2,4-7,9,11,13-17H2,1H3,(H2,35,36,41)/t18-,19-,21+,22-,23?,24+,26?,27+,28?,29-/m1/s1. The van der Waals surface area contributed by atoms with Gasteiger partial charge in [-0.1, -0.05) is 19.1 Å². The van der Waals surface area contributed by atoms with Crippen LogP contribution in [0, 0.1) is 11.8 Å². The van der Waals surface area contributed by atoms with E-state index < -0.39 is 30.8 Å². The Labute approximate surface area is 248 Å². The lowest BCUT2D eigenvalue weighted by Crippen LogP contribution is -2.47. The molecule has 0 aromatic carbocycles. The fraction of sp³-hybridized carbons (Fsp3) is 0.767. The highest BCUT2D eigenvalue weighted by molar-refractivity contribution is 5.77. The third-order valence-electron chi connectivity index (χ3n) is 9.30. The number of aliphatic hydroxyl groups excluding tert-OH is 3. The minimum atomic E-state index is -1.12. The number of hydrogen-bond donors (Lipinski definition) is 8. The van der Waals surface area contributed by atoms with Crippen LogP contribution in [0.4, 0.5) is 9.18 Å². The molecule has 0 aromatic heterocycles. The third-order valence-corrected chi connectivity index (χ3v) is 9.30. The summed E-state index contributed by atoms with van der Waals surface area (Å²) < 4.78 is 20.6. The molecule has 2 fully saturated rings. The average molecular weight is 593 g/mol. The number of rotatable bonds is 10. The first-order valence-corrected chi connectivity index (χ1v) is 15.7. The highest BCUT2D eigenvalue weighted by atomic mass is 19.1. The maximum absolute atomic E-state index is 14.1. The first-order valence-electron chi connectivity index (χ1n) is 15.7. The van der Waals surface area contributed by atoms with Crippen LogP contribution in [0.5, 0.6) is 0 Å². The molecule has 0 spiro atoms. The number of β-amino-alcohol motifs (C(OH)–C–C–N with tert-alkyl or cyclic N) is 1. The Balaban J connectivity index is 1.01. The monoisotopic (exact) mass is 592 g/mol. The first kappa shape index (κ1) is 31.4. The van der Waals surface area contributed by atoms with Crippen molar-refractivity contribution < 1.29 is 29.2 Å². The van der Waals surface area contributed by atoms with E-state index in [1.165, 1.54) is 0 Å². The molecule has 3 aliphatic heterocycles. The Kier molecular flexibility index (Phi) is 10.9. The number of urea groups is 1. The molecule has 0 aromatic rings. The highest BCUT2D eigenvalue weighted by Crippen LogP contribution is 2.27.